The number of methoxy groups -OCH3 is 2. The minimum Gasteiger partial charge on any atom is -0.493 e. The summed E-state index contributed by atoms with van der Waals surface area (Å²) in [6, 6.07) is 11.0. The summed E-state index contributed by atoms with van der Waals surface area (Å²) >= 11 is 0. The first-order valence-corrected chi connectivity index (χ1v) is 12.0. The Morgan fingerprint density at radius 3 is 2.56 bits per heavy atom. The molecule has 0 aliphatic rings. The van der Waals surface area contributed by atoms with E-state index < -0.39 is 6.10 Å². The van der Waals surface area contributed by atoms with Gasteiger partial charge in [-0.15, -0.1) is 0 Å². The number of benzene rings is 2. The summed E-state index contributed by atoms with van der Waals surface area (Å²) in [7, 11) is 3.06. The molecule has 0 bridgehead atoms. The van der Waals surface area contributed by atoms with Crippen LogP contribution in [0.2, 0.25) is 0 Å². The number of hydrogen-bond donors (Lipinski definition) is 1. The Morgan fingerprint density at radius 2 is 1.83 bits per heavy atom. The number of carbonyl (C=O) groups is 1. The normalized spacial score (nSPS) is 12.6. The van der Waals surface area contributed by atoms with Crippen LogP contribution in [0.4, 0.5) is 0 Å². The molecule has 1 amide bonds. The summed E-state index contributed by atoms with van der Waals surface area (Å²) < 4.78 is 18.7. The lowest BCUT2D eigenvalue weighted by Gasteiger charge is -2.15. The van der Waals surface area contributed by atoms with Crippen molar-refractivity contribution >= 4 is 44.0 Å². The largest absolute Gasteiger partial charge is 0.493 e. The molecule has 8 nitrogen and oxygen atoms in total. The van der Waals surface area contributed by atoms with Gasteiger partial charge in [0.2, 0.25) is 0 Å². The monoisotopic (exact) mass is 487 g/mol. The Morgan fingerprint density at radius 1 is 1.03 bits per heavy atom. The van der Waals surface area contributed by atoms with E-state index in [1.54, 1.807) is 36.8 Å². The zero-order chi connectivity index (χ0) is 25.6. The van der Waals surface area contributed by atoms with Gasteiger partial charge in [-0.3, -0.25) is 19.0 Å². The highest BCUT2D eigenvalue weighted by atomic mass is 16.5. The fourth-order valence-electron chi connectivity index (χ4n) is 4.76. The topological polar surface area (TPSA) is 91.2 Å². The molecule has 36 heavy (non-hydrogen) atoms. The van der Waals surface area contributed by atoms with Gasteiger partial charge in [0, 0.05) is 28.9 Å². The van der Waals surface area contributed by atoms with E-state index >= 15 is 0 Å². The molecule has 0 saturated carbocycles. The fraction of sp³-hybridized carbons (Fsp3) is 0.321. The van der Waals surface area contributed by atoms with Crippen molar-refractivity contribution in [3.63, 3.8) is 0 Å². The van der Waals surface area contributed by atoms with E-state index in [2.05, 4.69) is 24.1 Å². The number of hydrogen-bond acceptors (Lipinski definition) is 6. The van der Waals surface area contributed by atoms with Gasteiger partial charge < -0.3 is 19.5 Å². The SMILES string of the molecule is COc1ccc2c(c1OC)c(=O)n1c3ccc(O[C@@H](C)C(=O)NCCC(C)C)cc3c3ccnc2c31. The molecule has 0 fully saturated rings. The van der Waals surface area contributed by atoms with Crippen LogP contribution in [0.25, 0.3) is 38.1 Å². The maximum atomic E-state index is 13.8. The van der Waals surface area contributed by atoms with E-state index in [9.17, 15) is 9.59 Å². The molecule has 0 saturated heterocycles. The molecule has 0 radical (unpaired) electrons. The molecule has 1 atom stereocenters. The second kappa shape index (κ2) is 9.18. The number of pyridine rings is 2. The van der Waals surface area contributed by atoms with Gasteiger partial charge in [-0.05, 0) is 55.7 Å². The maximum Gasteiger partial charge on any atom is 0.267 e. The van der Waals surface area contributed by atoms with Crippen molar-refractivity contribution in [2.24, 2.45) is 5.92 Å². The molecule has 2 aromatic carbocycles. The second-order valence-corrected chi connectivity index (χ2v) is 9.33. The molecule has 3 aromatic heterocycles. The molecule has 5 aromatic rings. The molecule has 8 heteroatoms. The molecule has 1 N–H and O–H groups in total. The summed E-state index contributed by atoms with van der Waals surface area (Å²) in [5, 5.41) is 5.75. The Kier molecular flexibility index (Phi) is 6.04. The standard InChI is InChI=1S/C28H29N3O5/c1-15(2)10-12-30-27(32)16(3)36-17-6-8-21-20(14-17)18-11-13-29-24-19-7-9-22(34-4)26(35-5)23(19)28(33)31(21)25(18)24/h6-9,11,13-16H,10,12H2,1-5H3,(H,30,32)/t16-/m0/s1. The van der Waals surface area contributed by atoms with E-state index in [1.807, 2.05) is 24.3 Å². The van der Waals surface area contributed by atoms with E-state index in [-0.39, 0.29) is 11.5 Å². The fourth-order valence-corrected chi connectivity index (χ4v) is 4.76. The first-order valence-electron chi connectivity index (χ1n) is 12.0. The van der Waals surface area contributed by atoms with Gasteiger partial charge >= 0.3 is 0 Å². The van der Waals surface area contributed by atoms with Gasteiger partial charge in [-0.1, -0.05) is 13.8 Å². The number of nitrogens with one attached hydrogen (secondary N) is 1. The third-order valence-corrected chi connectivity index (χ3v) is 6.57. The van der Waals surface area contributed by atoms with Crippen molar-refractivity contribution in [3.05, 3.63) is 52.9 Å². The molecule has 5 rings (SSSR count). The van der Waals surface area contributed by atoms with Crippen molar-refractivity contribution < 1.29 is 19.0 Å². The number of fused-ring (bicyclic) bond motifs is 5. The van der Waals surface area contributed by atoms with E-state index in [4.69, 9.17) is 14.2 Å². The van der Waals surface area contributed by atoms with E-state index in [0.29, 0.717) is 46.0 Å². The van der Waals surface area contributed by atoms with Crippen LogP contribution in [-0.2, 0) is 4.79 Å². The Hall–Kier alpha value is -4.07. The molecule has 0 aliphatic heterocycles. The summed E-state index contributed by atoms with van der Waals surface area (Å²) in [5.74, 6) is 1.76. The zero-order valence-electron chi connectivity index (χ0n) is 21.0. The van der Waals surface area contributed by atoms with Crippen LogP contribution in [0.1, 0.15) is 27.2 Å². The summed E-state index contributed by atoms with van der Waals surface area (Å²) in [5.41, 5.74) is 1.93. The molecular formula is C28H29N3O5. The third-order valence-electron chi connectivity index (χ3n) is 6.57. The molecular weight excluding hydrogens is 458 g/mol. The zero-order valence-corrected chi connectivity index (χ0v) is 21.0. The highest BCUT2D eigenvalue weighted by Gasteiger charge is 2.23. The summed E-state index contributed by atoms with van der Waals surface area (Å²) in [6.45, 7) is 6.58. The van der Waals surface area contributed by atoms with Crippen LogP contribution < -0.4 is 25.1 Å². The smallest absolute Gasteiger partial charge is 0.267 e. The van der Waals surface area contributed by atoms with Crippen molar-refractivity contribution in [2.75, 3.05) is 20.8 Å². The van der Waals surface area contributed by atoms with Crippen LogP contribution in [0.3, 0.4) is 0 Å². The van der Waals surface area contributed by atoms with Gasteiger partial charge in [0.15, 0.2) is 17.6 Å². The first-order chi connectivity index (χ1) is 17.3. The van der Waals surface area contributed by atoms with Crippen LogP contribution in [0.5, 0.6) is 17.2 Å². The number of ether oxygens (including phenoxy) is 3. The molecule has 3 heterocycles. The van der Waals surface area contributed by atoms with Crippen molar-refractivity contribution in [1.29, 1.82) is 0 Å². The van der Waals surface area contributed by atoms with Gasteiger partial charge in [-0.2, -0.15) is 0 Å². The van der Waals surface area contributed by atoms with Crippen LogP contribution in [0, 0.1) is 5.92 Å². The predicted molar refractivity (Wildman–Crippen MR) is 141 cm³/mol. The molecule has 186 valence electrons. The second-order valence-electron chi connectivity index (χ2n) is 9.33. The minimum absolute atomic E-state index is 0.158. The highest BCUT2D eigenvalue weighted by Crippen LogP contribution is 2.39. The lowest BCUT2D eigenvalue weighted by molar-refractivity contribution is -0.127. The average Bonchev–Trinajstić information content (AvgIpc) is 3.20. The Bertz CT molecular complexity index is 1660. The quantitative estimate of drug-likeness (QED) is 0.323. The Labute approximate surface area is 208 Å². The maximum absolute atomic E-state index is 13.8. The van der Waals surface area contributed by atoms with Crippen molar-refractivity contribution in [1.82, 2.24) is 14.7 Å². The number of carbonyl (C=O) groups excluding carboxylic acids is 1. The third kappa shape index (κ3) is 3.73. The molecule has 0 aliphatic carbocycles. The van der Waals surface area contributed by atoms with Crippen LogP contribution in [-0.4, -0.2) is 42.2 Å². The lowest BCUT2D eigenvalue weighted by atomic mass is 10.1. The predicted octanol–water partition coefficient (Wildman–Crippen LogP) is 4.54. The number of nitrogens with zero attached hydrogens (tertiary/aromatic N) is 2. The molecule has 0 unspecified atom stereocenters. The van der Waals surface area contributed by atoms with Gasteiger partial charge in [0.05, 0.1) is 36.2 Å². The summed E-state index contributed by atoms with van der Waals surface area (Å²) in [4.78, 5) is 30.9. The van der Waals surface area contributed by atoms with E-state index in [1.165, 1.54) is 7.11 Å². The van der Waals surface area contributed by atoms with Crippen molar-refractivity contribution in [2.45, 2.75) is 33.3 Å². The number of rotatable bonds is 8. The van der Waals surface area contributed by atoms with Gasteiger partial charge in [0.25, 0.3) is 11.5 Å². The Balaban J connectivity index is 1.64. The van der Waals surface area contributed by atoms with E-state index in [0.717, 1.165) is 28.2 Å². The van der Waals surface area contributed by atoms with Gasteiger partial charge in [0.1, 0.15) is 5.75 Å². The number of aromatic nitrogens is 2. The lowest BCUT2D eigenvalue weighted by Crippen LogP contribution is -2.37. The van der Waals surface area contributed by atoms with Crippen LogP contribution in [0.15, 0.2) is 47.4 Å². The van der Waals surface area contributed by atoms with Gasteiger partial charge in [-0.25, -0.2) is 0 Å². The highest BCUT2D eigenvalue weighted by molar-refractivity contribution is 6.19. The molecule has 0 spiro atoms. The first kappa shape index (κ1) is 23.7. The van der Waals surface area contributed by atoms with Crippen molar-refractivity contribution in [3.8, 4) is 17.2 Å². The van der Waals surface area contributed by atoms with Crippen LogP contribution >= 0.6 is 0 Å². The summed E-state index contributed by atoms with van der Waals surface area (Å²) in [6.07, 6.45) is 1.99. The minimum atomic E-state index is -0.654. The average molecular weight is 488 g/mol. The number of amides is 1.